The number of hydrogen-bond acceptors (Lipinski definition) is 4. The van der Waals surface area contributed by atoms with E-state index in [2.05, 4.69) is 5.32 Å². The fraction of sp³-hybridized carbons (Fsp3) is 0.286. The molecule has 0 bridgehead atoms. The van der Waals surface area contributed by atoms with Crippen molar-refractivity contribution in [3.63, 3.8) is 0 Å². The molecule has 1 heterocycles. The van der Waals surface area contributed by atoms with Crippen LogP contribution in [0.4, 0.5) is 4.39 Å². The Kier molecular flexibility index (Phi) is 6.78. The molecule has 7 heteroatoms. The maximum absolute atomic E-state index is 14.3. The van der Waals surface area contributed by atoms with Gasteiger partial charge in [-0.1, -0.05) is 18.6 Å². The fourth-order valence-electron chi connectivity index (χ4n) is 4.81. The van der Waals surface area contributed by atoms with E-state index in [0.29, 0.717) is 12.1 Å². The lowest BCUT2D eigenvalue weighted by Crippen LogP contribution is -2.32. The minimum Gasteiger partial charge on any atom is -0.492 e. The van der Waals surface area contributed by atoms with E-state index >= 15 is 0 Å². The van der Waals surface area contributed by atoms with Gasteiger partial charge in [-0.15, -0.1) is 0 Å². The molecule has 1 N–H and O–H groups in total. The number of allylic oxidation sites excluding steroid dienone is 6. The van der Waals surface area contributed by atoms with Gasteiger partial charge in [-0.2, -0.15) is 0 Å². The summed E-state index contributed by atoms with van der Waals surface area (Å²) in [4.78, 5) is 25.5. The van der Waals surface area contributed by atoms with Crippen molar-refractivity contribution in [3.8, 4) is 0 Å². The number of nitrogens with one attached hydrogen (secondary N) is 1. The molecule has 2 unspecified atom stereocenters. The van der Waals surface area contributed by atoms with E-state index in [1.165, 1.54) is 26.4 Å². The lowest BCUT2D eigenvalue weighted by Gasteiger charge is -2.22. The molecule has 2 aliphatic carbocycles. The highest BCUT2D eigenvalue weighted by molar-refractivity contribution is 6.07. The molecule has 0 fully saturated rings. The van der Waals surface area contributed by atoms with E-state index in [0.717, 1.165) is 28.0 Å². The van der Waals surface area contributed by atoms with Gasteiger partial charge in [0.2, 0.25) is 5.91 Å². The number of fused-ring (bicyclic) bond motifs is 1. The number of ketones is 1. The maximum Gasteiger partial charge on any atom is 0.261 e. The van der Waals surface area contributed by atoms with Crippen LogP contribution in [0.25, 0.3) is 5.57 Å². The number of methoxy groups -OCH3 is 2. The van der Waals surface area contributed by atoms with Gasteiger partial charge < -0.3 is 19.4 Å². The van der Waals surface area contributed by atoms with Crippen molar-refractivity contribution < 1.29 is 23.5 Å². The Morgan fingerprint density at radius 1 is 1.20 bits per heavy atom. The zero-order valence-corrected chi connectivity index (χ0v) is 20.5. The molecule has 0 saturated heterocycles. The number of ether oxygens (including phenoxy) is 2. The Morgan fingerprint density at radius 2 is 1.89 bits per heavy atom. The van der Waals surface area contributed by atoms with Gasteiger partial charge in [-0.05, 0) is 71.7 Å². The molecule has 0 aliphatic heterocycles. The summed E-state index contributed by atoms with van der Waals surface area (Å²) in [5.41, 5.74) is 5.18. The second-order valence-corrected chi connectivity index (χ2v) is 8.82. The molecule has 0 radical (unpaired) electrons. The van der Waals surface area contributed by atoms with Crippen LogP contribution in [0.15, 0.2) is 77.4 Å². The monoisotopic (exact) mass is 476 g/mol. The van der Waals surface area contributed by atoms with Crippen LogP contribution in [0.3, 0.4) is 0 Å². The molecule has 4 rings (SSSR count). The molecule has 182 valence electrons. The van der Waals surface area contributed by atoms with Gasteiger partial charge in [0, 0.05) is 30.8 Å². The van der Waals surface area contributed by atoms with Crippen LogP contribution >= 0.6 is 0 Å². The first-order chi connectivity index (χ1) is 16.7. The van der Waals surface area contributed by atoms with E-state index in [4.69, 9.17) is 9.47 Å². The van der Waals surface area contributed by atoms with E-state index in [9.17, 15) is 14.0 Å². The third-order valence-electron chi connectivity index (χ3n) is 6.73. The van der Waals surface area contributed by atoms with Gasteiger partial charge >= 0.3 is 0 Å². The van der Waals surface area contributed by atoms with Crippen LogP contribution in [0, 0.1) is 11.7 Å². The normalized spacial score (nSPS) is 18.1. The summed E-state index contributed by atoms with van der Waals surface area (Å²) < 4.78 is 26.7. The van der Waals surface area contributed by atoms with Crippen molar-refractivity contribution in [2.45, 2.75) is 26.3 Å². The molecule has 0 spiro atoms. The second kappa shape index (κ2) is 9.78. The number of aromatic nitrogens is 1. The number of hydrogen-bond donors (Lipinski definition) is 1. The standard InChI is InChI=1S/C28H29FN2O4/c1-16-22(11-18-12-24(34-4)27(32)25(13-18)35-5)21-9-8-19(29)14-23(21)26(16)17(2)28(33)30-15-20-7-6-10-31(20)3/h6-14,17,26H,15H2,1-5H3,(H,30,33). The summed E-state index contributed by atoms with van der Waals surface area (Å²) in [6.45, 7) is 4.24. The van der Waals surface area contributed by atoms with Crippen LogP contribution in [-0.4, -0.2) is 30.5 Å². The summed E-state index contributed by atoms with van der Waals surface area (Å²) >= 11 is 0. The molecule has 0 saturated carbocycles. The second-order valence-electron chi connectivity index (χ2n) is 8.82. The van der Waals surface area contributed by atoms with Crippen molar-refractivity contribution >= 4 is 17.3 Å². The van der Waals surface area contributed by atoms with Crippen molar-refractivity contribution in [2.24, 2.45) is 13.0 Å². The van der Waals surface area contributed by atoms with Gasteiger partial charge in [0.1, 0.15) is 5.82 Å². The average molecular weight is 477 g/mol. The van der Waals surface area contributed by atoms with Gasteiger partial charge in [0.25, 0.3) is 5.78 Å². The number of halogens is 1. The summed E-state index contributed by atoms with van der Waals surface area (Å²) in [6, 6.07) is 8.56. The number of benzene rings is 1. The van der Waals surface area contributed by atoms with Crippen LogP contribution in [0.5, 0.6) is 0 Å². The fourth-order valence-corrected chi connectivity index (χ4v) is 4.81. The Labute approximate surface area is 204 Å². The first kappa shape index (κ1) is 24.3. The lowest BCUT2D eigenvalue weighted by atomic mass is 9.84. The van der Waals surface area contributed by atoms with Crippen LogP contribution in [0.1, 0.15) is 36.6 Å². The zero-order chi connectivity index (χ0) is 25.3. The highest BCUT2D eigenvalue weighted by atomic mass is 19.1. The Balaban J connectivity index is 1.70. The van der Waals surface area contributed by atoms with Crippen molar-refractivity contribution in [1.82, 2.24) is 9.88 Å². The molecular formula is C28H29FN2O4. The average Bonchev–Trinajstić information content (AvgIpc) is 3.37. The van der Waals surface area contributed by atoms with E-state index < -0.39 is 5.92 Å². The Hall–Kier alpha value is -3.87. The Bertz CT molecular complexity index is 1290. The number of Topliss-reactive ketones (excluding diaryl/α,β-unsaturated/α-hetero) is 1. The largest absolute Gasteiger partial charge is 0.492 e. The quantitative estimate of drug-likeness (QED) is 0.636. The number of carbonyl (C=O) groups is 2. The molecule has 2 atom stereocenters. The minimum absolute atomic E-state index is 0.106. The van der Waals surface area contributed by atoms with Crippen LogP contribution in [-0.2, 0) is 32.7 Å². The molecule has 2 aliphatic rings. The number of rotatable bonds is 7. The van der Waals surface area contributed by atoms with Gasteiger partial charge in [-0.3, -0.25) is 9.59 Å². The zero-order valence-electron chi connectivity index (χ0n) is 20.5. The summed E-state index contributed by atoms with van der Waals surface area (Å²) in [5, 5.41) is 3.02. The summed E-state index contributed by atoms with van der Waals surface area (Å²) in [6.07, 6.45) is 7.15. The third-order valence-corrected chi connectivity index (χ3v) is 6.73. The summed E-state index contributed by atoms with van der Waals surface area (Å²) in [7, 11) is 4.80. The predicted octanol–water partition coefficient (Wildman–Crippen LogP) is 4.56. The van der Waals surface area contributed by atoms with Crippen LogP contribution < -0.4 is 5.32 Å². The highest BCUT2D eigenvalue weighted by Crippen LogP contribution is 2.47. The van der Waals surface area contributed by atoms with Gasteiger partial charge in [-0.25, -0.2) is 4.39 Å². The first-order valence-corrected chi connectivity index (χ1v) is 11.4. The first-order valence-electron chi connectivity index (χ1n) is 11.4. The number of nitrogens with zero attached hydrogens (tertiary/aromatic N) is 1. The van der Waals surface area contributed by atoms with Crippen molar-refractivity contribution in [1.29, 1.82) is 0 Å². The summed E-state index contributed by atoms with van der Waals surface area (Å²) in [5.74, 6) is -1.14. The number of aryl methyl sites for hydroxylation is 1. The lowest BCUT2D eigenvalue weighted by molar-refractivity contribution is -0.125. The third kappa shape index (κ3) is 4.58. The molecule has 1 aromatic carbocycles. The number of amides is 1. The molecule has 6 nitrogen and oxygen atoms in total. The maximum atomic E-state index is 14.3. The van der Waals surface area contributed by atoms with Crippen molar-refractivity contribution in [2.75, 3.05) is 14.2 Å². The SMILES string of the molecule is COC1=CC(=CC2=C(C)C(C(C)C(=O)NCc3cccn3C)c3cc(F)ccc32)C=C(OC)C1=O. The minimum atomic E-state index is -0.421. The molecule has 2 aromatic rings. The van der Waals surface area contributed by atoms with E-state index in [-0.39, 0.29) is 34.9 Å². The Morgan fingerprint density at radius 3 is 2.49 bits per heavy atom. The van der Waals surface area contributed by atoms with Gasteiger partial charge in [0.15, 0.2) is 11.5 Å². The van der Waals surface area contributed by atoms with Gasteiger partial charge in [0.05, 0.1) is 20.8 Å². The smallest absolute Gasteiger partial charge is 0.261 e. The molecular weight excluding hydrogens is 447 g/mol. The molecule has 1 amide bonds. The highest BCUT2D eigenvalue weighted by Gasteiger charge is 2.35. The molecule has 1 aromatic heterocycles. The van der Waals surface area contributed by atoms with E-state index in [1.807, 2.05) is 49.9 Å². The number of carbonyl (C=O) groups excluding carboxylic acids is 2. The van der Waals surface area contributed by atoms with E-state index in [1.54, 1.807) is 18.2 Å². The predicted molar refractivity (Wildman–Crippen MR) is 131 cm³/mol. The molecule has 35 heavy (non-hydrogen) atoms. The van der Waals surface area contributed by atoms with Crippen molar-refractivity contribution in [3.05, 3.63) is 100 Å². The van der Waals surface area contributed by atoms with Crippen LogP contribution in [0.2, 0.25) is 0 Å². The topological polar surface area (TPSA) is 69.6 Å².